The van der Waals surface area contributed by atoms with E-state index in [0.717, 1.165) is 19.0 Å². The molecular weight excluding hydrogens is 236 g/mol. The third-order valence-electron chi connectivity index (χ3n) is 6.19. The zero-order chi connectivity index (χ0) is 13.7. The van der Waals surface area contributed by atoms with Crippen molar-refractivity contribution in [3.05, 3.63) is 0 Å². The Kier molecular flexibility index (Phi) is 3.16. The largest absolute Gasteiger partial charge is 0.342 e. The standard InChI is InChI=1S/C16H28N2O/c1-15(2)12-6-7-16(3,10-12)14(15)17-11-13(19)18-8-4-5-9-18/h12,14,17H,4-11H2,1-3H3. The molecule has 0 spiro atoms. The third-order valence-corrected chi connectivity index (χ3v) is 6.19. The Balaban J connectivity index is 1.61. The van der Waals surface area contributed by atoms with Crippen LogP contribution in [0.4, 0.5) is 0 Å². The Morgan fingerprint density at radius 3 is 2.53 bits per heavy atom. The summed E-state index contributed by atoms with van der Waals surface area (Å²) in [6.45, 7) is 9.67. The van der Waals surface area contributed by atoms with E-state index in [1.165, 1.54) is 32.1 Å². The minimum absolute atomic E-state index is 0.305. The van der Waals surface area contributed by atoms with Gasteiger partial charge in [-0.2, -0.15) is 0 Å². The van der Waals surface area contributed by atoms with Gasteiger partial charge < -0.3 is 10.2 Å². The molecule has 2 saturated carbocycles. The van der Waals surface area contributed by atoms with Crippen molar-refractivity contribution in [1.29, 1.82) is 0 Å². The molecule has 3 rings (SSSR count). The van der Waals surface area contributed by atoms with Gasteiger partial charge in [0.25, 0.3) is 0 Å². The normalized spacial score (nSPS) is 40.1. The van der Waals surface area contributed by atoms with Crippen molar-refractivity contribution >= 4 is 5.91 Å². The summed E-state index contributed by atoms with van der Waals surface area (Å²) in [5.41, 5.74) is 0.762. The molecule has 0 aromatic heterocycles. The Bertz CT molecular complexity index is 368. The van der Waals surface area contributed by atoms with Crippen LogP contribution in [0.3, 0.4) is 0 Å². The van der Waals surface area contributed by atoms with Gasteiger partial charge in [0.05, 0.1) is 6.54 Å². The predicted octanol–water partition coefficient (Wildman–Crippen LogP) is 2.41. The molecule has 1 amide bonds. The van der Waals surface area contributed by atoms with Gasteiger partial charge in [-0.1, -0.05) is 20.8 Å². The second-order valence-electron chi connectivity index (χ2n) is 7.82. The molecule has 0 radical (unpaired) electrons. The predicted molar refractivity (Wildman–Crippen MR) is 76.8 cm³/mol. The van der Waals surface area contributed by atoms with Gasteiger partial charge in [0.2, 0.25) is 5.91 Å². The molecule has 3 fully saturated rings. The summed E-state index contributed by atoms with van der Waals surface area (Å²) in [7, 11) is 0. The van der Waals surface area contributed by atoms with E-state index in [2.05, 4.69) is 26.1 Å². The van der Waals surface area contributed by atoms with Crippen LogP contribution in [0.25, 0.3) is 0 Å². The summed E-state index contributed by atoms with van der Waals surface area (Å²) in [6.07, 6.45) is 6.41. The van der Waals surface area contributed by atoms with Crippen molar-refractivity contribution in [3.63, 3.8) is 0 Å². The number of carbonyl (C=O) groups excluding carboxylic acids is 1. The summed E-state index contributed by atoms with van der Waals surface area (Å²) in [6, 6.07) is 0.505. The number of hydrogen-bond donors (Lipinski definition) is 1. The maximum atomic E-state index is 12.2. The van der Waals surface area contributed by atoms with Gasteiger partial charge in [-0.3, -0.25) is 4.79 Å². The molecule has 3 heteroatoms. The molecule has 19 heavy (non-hydrogen) atoms. The Morgan fingerprint density at radius 1 is 1.26 bits per heavy atom. The van der Waals surface area contributed by atoms with E-state index in [0.29, 0.717) is 29.3 Å². The first-order chi connectivity index (χ1) is 8.93. The SMILES string of the molecule is CC12CCC(C1)C(C)(C)C2NCC(=O)N1CCCC1. The maximum Gasteiger partial charge on any atom is 0.236 e. The minimum atomic E-state index is 0.305. The van der Waals surface area contributed by atoms with Crippen LogP contribution in [0.5, 0.6) is 0 Å². The van der Waals surface area contributed by atoms with Crippen LogP contribution in [0.15, 0.2) is 0 Å². The fraction of sp³-hybridized carbons (Fsp3) is 0.938. The highest BCUT2D eigenvalue weighted by molar-refractivity contribution is 5.78. The van der Waals surface area contributed by atoms with Crippen LogP contribution in [0.2, 0.25) is 0 Å². The van der Waals surface area contributed by atoms with Crippen molar-refractivity contribution in [2.24, 2.45) is 16.7 Å². The molecule has 3 atom stereocenters. The molecule has 3 unspecified atom stereocenters. The van der Waals surface area contributed by atoms with Gasteiger partial charge in [0.15, 0.2) is 0 Å². The number of rotatable bonds is 3. The van der Waals surface area contributed by atoms with Gasteiger partial charge in [0, 0.05) is 19.1 Å². The minimum Gasteiger partial charge on any atom is -0.342 e. The zero-order valence-corrected chi connectivity index (χ0v) is 12.7. The summed E-state index contributed by atoms with van der Waals surface area (Å²) in [4.78, 5) is 14.2. The molecule has 1 N–H and O–H groups in total. The molecule has 0 aromatic rings. The van der Waals surface area contributed by atoms with E-state index in [4.69, 9.17) is 0 Å². The maximum absolute atomic E-state index is 12.2. The van der Waals surface area contributed by atoms with E-state index in [9.17, 15) is 4.79 Å². The number of likely N-dealkylation sites (tertiary alicyclic amines) is 1. The van der Waals surface area contributed by atoms with Crippen molar-refractivity contribution < 1.29 is 4.79 Å². The molecule has 2 bridgehead atoms. The van der Waals surface area contributed by atoms with E-state index in [1.54, 1.807) is 0 Å². The van der Waals surface area contributed by atoms with Gasteiger partial charge in [-0.25, -0.2) is 0 Å². The summed E-state index contributed by atoms with van der Waals surface area (Å²) >= 11 is 0. The average molecular weight is 264 g/mol. The fourth-order valence-electron chi connectivity index (χ4n) is 5.08. The molecular formula is C16H28N2O. The average Bonchev–Trinajstić information content (AvgIpc) is 3.00. The second-order valence-corrected chi connectivity index (χ2v) is 7.82. The molecule has 3 nitrogen and oxygen atoms in total. The van der Waals surface area contributed by atoms with Gasteiger partial charge in [-0.05, 0) is 48.9 Å². The number of nitrogens with zero attached hydrogens (tertiary/aromatic N) is 1. The monoisotopic (exact) mass is 264 g/mol. The molecule has 1 heterocycles. The van der Waals surface area contributed by atoms with Gasteiger partial charge >= 0.3 is 0 Å². The van der Waals surface area contributed by atoms with Crippen LogP contribution in [-0.4, -0.2) is 36.5 Å². The van der Waals surface area contributed by atoms with Gasteiger partial charge in [0.1, 0.15) is 0 Å². The number of fused-ring (bicyclic) bond motifs is 2. The number of hydrogen-bond acceptors (Lipinski definition) is 2. The van der Waals surface area contributed by atoms with E-state index < -0.39 is 0 Å². The van der Waals surface area contributed by atoms with Gasteiger partial charge in [-0.15, -0.1) is 0 Å². The lowest BCUT2D eigenvalue weighted by atomic mass is 9.68. The van der Waals surface area contributed by atoms with Crippen molar-refractivity contribution in [2.75, 3.05) is 19.6 Å². The lowest BCUT2D eigenvalue weighted by Gasteiger charge is -2.43. The highest BCUT2D eigenvalue weighted by Crippen LogP contribution is 2.62. The summed E-state index contributed by atoms with van der Waals surface area (Å²) in [5.74, 6) is 1.15. The highest BCUT2D eigenvalue weighted by atomic mass is 16.2. The third kappa shape index (κ3) is 2.10. The van der Waals surface area contributed by atoms with Crippen LogP contribution >= 0.6 is 0 Å². The number of nitrogens with one attached hydrogen (secondary N) is 1. The molecule has 1 aliphatic heterocycles. The quantitative estimate of drug-likeness (QED) is 0.849. The number of amides is 1. The first-order valence-corrected chi connectivity index (χ1v) is 7.95. The topological polar surface area (TPSA) is 32.3 Å². The molecule has 3 aliphatic rings. The first kappa shape index (κ1) is 13.4. The van der Waals surface area contributed by atoms with Crippen molar-refractivity contribution in [3.8, 4) is 0 Å². The molecule has 1 saturated heterocycles. The van der Waals surface area contributed by atoms with Crippen molar-refractivity contribution in [1.82, 2.24) is 10.2 Å². The Hall–Kier alpha value is -0.570. The van der Waals surface area contributed by atoms with E-state index in [-0.39, 0.29) is 0 Å². The highest BCUT2D eigenvalue weighted by Gasteiger charge is 2.59. The smallest absolute Gasteiger partial charge is 0.236 e. The van der Waals surface area contributed by atoms with Crippen molar-refractivity contribution in [2.45, 2.75) is 58.9 Å². The molecule has 0 aromatic carbocycles. The summed E-state index contributed by atoms with van der Waals surface area (Å²) in [5, 5.41) is 3.63. The second kappa shape index (κ2) is 4.47. The van der Waals surface area contributed by atoms with Crippen LogP contribution in [-0.2, 0) is 4.79 Å². The molecule has 2 aliphatic carbocycles. The Labute approximate surface area is 117 Å². The van der Waals surface area contributed by atoms with Crippen LogP contribution in [0, 0.1) is 16.7 Å². The first-order valence-electron chi connectivity index (χ1n) is 7.95. The Morgan fingerprint density at radius 2 is 1.95 bits per heavy atom. The van der Waals surface area contributed by atoms with Crippen LogP contribution < -0.4 is 5.32 Å². The number of carbonyl (C=O) groups is 1. The fourth-order valence-corrected chi connectivity index (χ4v) is 5.08. The summed E-state index contributed by atoms with van der Waals surface area (Å²) < 4.78 is 0. The van der Waals surface area contributed by atoms with Crippen LogP contribution in [0.1, 0.15) is 52.9 Å². The zero-order valence-electron chi connectivity index (χ0n) is 12.7. The lowest BCUT2D eigenvalue weighted by molar-refractivity contribution is -0.129. The van der Waals surface area contributed by atoms with E-state index in [1.807, 2.05) is 4.90 Å². The lowest BCUT2D eigenvalue weighted by Crippen LogP contribution is -2.53. The molecule has 108 valence electrons. The van der Waals surface area contributed by atoms with E-state index >= 15 is 0 Å².